The molecule has 0 amide bonds. The van der Waals surface area contributed by atoms with E-state index < -0.39 is 0 Å². The molecule has 0 bridgehead atoms. The Kier molecular flexibility index (Phi) is 5.93. The predicted octanol–water partition coefficient (Wildman–Crippen LogP) is 4.65. The number of rotatable bonds is 6. The maximum Gasteiger partial charge on any atom is 0.166 e. The molecule has 1 aromatic rings. The highest BCUT2D eigenvalue weighted by molar-refractivity contribution is 6.31. The summed E-state index contributed by atoms with van der Waals surface area (Å²) < 4.78 is 11.2. The number of benzene rings is 1. The number of hydrogen-bond donors (Lipinski definition) is 0. The smallest absolute Gasteiger partial charge is 0.166 e. The van der Waals surface area contributed by atoms with Gasteiger partial charge in [0.2, 0.25) is 0 Å². The van der Waals surface area contributed by atoms with Gasteiger partial charge in [0.1, 0.15) is 0 Å². The summed E-state index contributed by atoms with van der Waals surface area (Å²) in [6, 6.07) is 3.55. The monoisotopic (exact) mass is 276 g/mol. The number of methoxy groups -OCH3 is 1. The molecule has 1 aromatic carbocycles. The molecule has 2 nitrogen and oxygen atoms in total. The van der Waals surface area contributed by atoms with Crippen LogP contribution < -0.4 is 9.47 Å². The summed E-state index contributed by atoms with van der Waals surface area (Å²) in [5.41, 5.74) is 0.860. The van der Waals surface area contributed by atoms with Crippen LogP contribution in [0.4, 0.5) is 0 Å². The van der Waals surface area contributed by atoms with Crippen LogP contribution in [-0.2, 0) is 5.88 Å². The minimum atomic E-state index is 0.136. The molecule has 0 fully saturated rings. The Balaban J connectivity index is 3.02. The molecule has 0 saturated carbocycles. The molecule has 0 saturated heterocycles. The zero-order valence-electron chi connectivity index (χ0n) is 10.4. The molecule has 1 unspecified atom stereocenters. The fourth-order valence-corrected chi connectivity index (χ4v) is 2.10. The van der Waals surface area contributed by atoms with Gasteiger partial charge in [-0.25, -0.2) is 0 Å². The largest absolute Gasteiger partial charge is 0.493 e. The molecule has 1 rings (SSSR count). The van der Waals surface area contributed by atoms with Crippen LogP contribution in [0.15, 0.2) is 12.1 Å². The van der Waals surface area contributed by atoms with E-state index in [-0.39, 0.29) is 6.10 Å². The van der Waals surface area contributed by atoms with Gasteiger partial charge in [-0.05, 0) is 19.4 Å². The SMILES string of the molecule is CCCC(C)Oc1c(CCl)cc(Cl)cc1OC. The number of ether oxygens (including phenoxy) is 2. The topological polar surface area (TPSA) is 18.5 Å². The van der Waals surface area contributed by atoms with E-state index in [2.05, 4.69) is 6.92 Å². The van der Waals surface area contributed by atoms with Gasteiger partial charge in [-0.2, -0.15) is 0 Å². The van der Waals surface area contributed by atoms with Crippen molar-refractivity contribution in [3.63, 3.8) is 0 Å². The maximum atomic E-state index is 5.98. The molecule has 17 heavy (non-hydrogen) atoms. The summed E-state index contributed by atoms with van der Waals surface area (Å²) in [4.78, 5) is 0. The van der Waals surface area contributed by atoms with Crippen LogP contribution in [0.3, 0.4) is 0 Å². The lowest BCUT2D eigenvalue weighted by molar-refractivity contribution is 0.199. The molecule has 0 N–H and O–H groups in total. The average molecular weight is 277 g/mol. The zero-order valence-corrected chi connectivity index (χ0v) is 11.9. The van der Waals surface area contributed by atoms with Gasteiger partial charge < -0.3 is 9.47 Å². The van der Waals surface area contributed by atoms with Crippen molar-refractivity contribution >= 4 is 23.2 Å². The Hall–Kier alpha value is -0.600. The highest BCUT2D eigenvalue weighted by Gasteiger charge is 2.14. The van der Waals surface area contributed by atoms with Gasteiger partial charge >= 0.3 is 0 Å². The van der Waals surface area contributed by atoms with Crippen LogP contribution in [0.5, 0.6) is 11.5 Å². The second-order valence-corrected chi connectivity index (χ2v) is 4.65. The molecule has 0 aromatic heterocycles. The third kappa shape index (κ3) is 3.97. The van der Waals surface area contributed by atoms with Gasteiger partial charge in [-0.15, -0.1) is 11.6 Å². The molecule has 0 aliphatic carbocycles. The van der Waals surface area contributed by atoms with E-state index in [1.165, 1.54) is 0 Å². The summed E-state index contributed by atoms with van der Waals surface area (Å²) in [7, 11) is 1.60. The molecule has 96 valence electrons. The Morgan fingerprint density at radius 2 is 2.06 bits per heavy atom. The Bertz CT molecular complexity index is 341. The third-order valence-corrected chi connectivity index (χ3v) is 2.98. The maximum absolute atomic E-state index is 5.98. The van der Waals surface area contributed by atoms with Crippen molar-refractivity contribution in [2.45, 2.75) is 38.7 Å². The van der Waals surface area contributed by atoms with E-state index in [9.17, 15) is 0 Å². The highest BCUT2D eigenvalue weighted by atomic mass is 35.5. The summed E-state index contributed by atoms with van der Waals surface area (Å²) in [6.07, 6.45) is 2.21. The van der Waals surface area contributed by atoms with Gasteiger partial charge in [0, 0.05) is 16.7 Å². The minimum absolute atomic E-state index is 0.136. The van der Waals surface area contributed by atoms with Crippen LogP contribution in [-0.4, -0.2) is 13.2 Å². The summed E-state index contributed by atoms with van der Waals surface area (Å²) in [5.74, 6) is 1.69. The van der Waals surface area contributed by atoms with E-state index >= 15 is 0 Å². The van der Waals surface area contributed by atoms with Crippen LogP contribution >= 0.6 is 23.2 Å². The van der Waals surface area contributed by atoms with Gasteiger partial charge in [-0.3, -0.25) is 0 Å². The van der Waals surface area contributed by atoms with Gasteiger partial charge in [-0.1, -0.05) is 24.9 Å². The molecule has 0 radical (unpaired) electrons. The first-order valence-corrected chi connectivity index (χ1v) is 6.62. The molecule has 4 heteroatoms. The van der Waals surface area contributed by atoms with Crippen LogP contribution in [0, 0.1) is 0 Å². The lowest BCUT2D eigenvalue weighted by atomic mass is 10.2. The van der Waals surface area contributed by atoms with Crippen molar-refractivity contribution in [1.82, 2.24) is 0 Å². The normalized spacial score (nSPS) is 12.3. The highest BCUT2D eigenvalue weighted by Crippen LogP contribution is 2.36. The van der Waals surface area contributed by atoms with Gasteiger partial charge in [0.05, 0.1) is 19.1 Å². The molecular weight excluding hydrogens is 259 g/mol. The lowest BCUT2D eigenvalue weighted by Crippen LogP contribution is -2.13. The lowest BCUT2D eigenvalue weighted by Gasteiger charge is -2.19. The first-order chi connectivity index (χ1) is 8.12. The molecule has 1 atom stereocenters. The quantitative estimate of drug-likeness (QED) is 0.704. The molecule has 0 aliphatic heterocycles. The zero-order chi connectivity index (χ0) is 12.8. The van der Waals surface area contributed by atoms with Gasteiger partial charge in [0.15, 0.2) is 11.5 Å². The Morgan fingerprint density at radius 1 is 1.35 bits per heavy atom. The summed E-state index contributed by atoms with van der Waals surface area (Å²) >= 11 is 11.9. The number of alkyl halides is 1. The van der Waals surface area contributed by atoms with Crippen molar-refractivity contribution in [3.05, 3.63) is 22.7 Å². The summed E-state index contributed by atoms with van der Waals surface area (Å²) in [5, 5.41) is 0.605. The standard InChI is InChI=1S/C13H18Cl2O2/c1-4-5-9(2)17-13-10(8-14)6-11(15)7-12(13)16-3/h6-7,9H,4-5,8H2,1-3H3. The van der Waals surface area contributed by atoms with E-state index in [0.29, 0.717) is 22.4 Å². The van der Waals surface area contributed by atoms with Gasteiger partial charge in [0.25, 0.3) is 0 Å². The molecule has 0 heterocycles. The van der Waals surface area contributed by atoms with Crippen molar-refractivity contribution in [2.75, 3.05) is 7.11 Å². The third-order valence-electron chi connectivity index (χ3n) is 2.47. The van der Waals surface area contributed by atoms with E-state index in [1.807, 2.05) is 13.0 Å². The average Bonchev–Trinajstić information content (AvgIpc) is 2.31. The van der Waals surface area contributed by atoms with Crippen LogP contribution in [0.2, 0.25) is 5.02 Å². The second-order valence-electron chi connectivity index (χ2n) is 3.95. The fraction of sp³-hybridized carbons (Fsp3) is 0.538. The predicted molar refractivity (Wildman–Crippen MR) is 72.6 cm³/mol. The molecule has 0 aliphatic rings. The van der Waals surface area contributed by atoms with Crippen molar-refractivity contribution in [2.24, 2.45) is 0 Å². The first kappa shape index (κ1) is 14.5. The Labute approximate surface area is 113 Å². The van der Waals surface area contributed by atoms with Crippen molar-refractivity contribution in [3.8, 4) is 11.5 Å². The van der Waals surface area contributed by atoms with Crippen molar-refractivity contribution in [1.29, 1.82) is 0 Å². The molecule has 0 spiro atoms. The van der Waals surface area contributed by atoms with E-state index in [0.717, 1.165) is 18.4 Å². The minimum Gasteiger partial charge on any atom is -0.493 e. The number of halogens is 2. The van der Waals surface area contributed by atoms with E-state index in [4.69, 9.17) is 32.7 Å². The first-order valence-electron chi connectivity index (χ1n) is 5.71. The summed E-state index contributed by atoms with van der Waals surface area (Å²) in [6.45, 7) is 4.16. The van der Waals surface area contributed by atoms with Crippen molar-refractivity contribution < 1.29 is 9.47 Å². The van der Waals surface area contributed by atoms with Crippen LogP contribution in [0.1, 0.15) is 32.3 Å². The second kappa shape index (κ2) is 6.97. The number of hydrogen-bond acceptors (Lipinski definition) is 2. The van der Waals surface area contributed by atoms with Crippen LogP contribution in [0.25, 0.3) is 0 Å². The fourth-order valence-electron chi connectivity index (χ4n) is 1.67. The molecular formula is C13H18Cl2O2. The van der Waals surface area contributed by atoms with E-state index in [1.54, 1.807) is 13.2 Å². The Morgan fingerprint density at radius 3 is 2.59 bits per heavy atom.